The lowest BCUT2D eigenvalue weighted by molar-refractivity contribution is -0.384. The predicted molar refractivity (Wildman–Crippen MR) is 50.8 cm³/mol. The molecule has 2 aromatic heterocycles. The summed E-state index contributed by atoms with van der Waals surface area (Å²) in [6.45, 7) is 0. The normalized spacial score (nSPS) is 10.3. The van der Waals surface area contributed by atoms with Gasteiger partial charge in [0.05, 0.1) is 4.92 Å². The summed E-state index contributed by atoms with van der Waals surface area (Å²) in [4.78, 5) is 14.0. The van der Waals surface area contributed by atoms with E-state index in [1.54, 1.807) is 5.38 Å². The molecule has 2 aromatic rings. The van der Waals surface area contributed by atoms with Gasteiger partial charge in [-0.25, -0.2) is 4.98 Å². The van der Waals surface area contributed by atoms with Gasteiger partial charge in [0, 0.05) is 5.38 Å². The number of nitrogens with two attached hydrogens (primary N) is 1. The molecule has 0 fully saturated rings. The van der Waals surface area contributed by atoms with Crippen LogP contribution in [0, 0.1) is 10.1 Å². The van der Waals surface area contributed by atoms with E-state index in [0.29, 0.717) is 10.8 Å². The van der Waals surface area contributed by atoms with E-state index >= 15 is 0 Å². The van der Waals surface area contributed by atoms with Crippen molar-refractivity contribution in [2.45, 2.75) is 0 Å². The van der Waals surface area contributed by atoms with Gasteiger partial charge in [-0.1, -0.05) is 0 Å². The van der Waals surface area contributed by atoms with E-state index in [9.17, 15) is 10.1 Å². The fourth-order valence-corrected chi connectivity index (χ4v) is 1.56. The maximum absolute atomic E-state index is 10.6. The number of hydrogen-bond donors (Lipinski definition) is 2. The van der Waals surface area contributed by atoms with Crippen molar-refractivity contribution >= 4 is 22.2 Å². The molecule has 72 valence electrons. The molecule has 0 amide bonds. The van der Waals surface area contributed by atoms with E-state index in [-0.39, 0.29) is 11.4 Å². The number of aromatic amines is 1. The molecule has 2 heterocycles. The first-order valence-electron chi connectivity index (χ1n) is 3.57. The Balaban J connectivity index is 2.51. The molecule has 7 nitrogen and oxygen atoms in total. The standard InChI is InChI=1S/C6H5N5O2S/c7-6-9-3(2-14-6)5-4(11(12)13)1-8-10-5/h1-2H,(H2,7,9)(H,8,10). The van der Waals surface area contributed by atoms with Crippen molar-refractivity contribution in [2.24, 2.45) is 0 Å². The lowest BCUT2D eigenvalue weighted by Gasteiger charge is -1.89. The number of nitrogen functional groups attached to an aromatic ring is 1. The van der Waals surface area contributed by atoms with Gasteiger partial charge in [0.15, 0.2) is 10.8 Å². The van der Waals surface area contributed by atoms with Gasteiger partial charge in [0.2, 0.25) is 0 Å². The third-order valence-corrected chi connectivity index (χ3v) is 2.27. The molecule has 0 radical (unpaired) electrons. The number of H-pyrrole nitrogens is 1. The van der Waals surface area contributed by atoms with Gasteiger partial charge in [0.25, 0.3) is 0 Å². The van der Waals surface area contributed by atoms with Crippen molar-refractivity contribution < 1.29 is 4.92 Å². The van der Waals surface area contributed by atoms with Crippen molar-refractivity contribution in [3.05, 3.63) is 21.7 Å². The van der Waals surface area contributed by atoms with E-state index in [2.05, 4.69) is 15.2 Å². The minimum Gasteiger partial charge on any atom is -0.375 e. The molecule has 2 rings (SSSR count). The minimum atomic E-state index is -0.519. The molecule has 14 heavy (non-hydrogen) atoms. The average molecular weight is 211 g/mol. The van der Waals surface area contributed by atoms with Gasteiger partial charge in [-0.15, -0.1) is 11.3 Å². The highest BCUT2D eigenvalue weighted by Crippen LogP contribution is 2.28. The summed E-state index contributed by atoms with van der Waals surface area (Å²) in [7, 11) is 0. The molecule has 3 N–H and O–H groups in total. The molecule has 0 aliphatic heterocycles. The zero-order valence-electron chi connectivity index (χ0n) is 6.80. The first kappa shape index (κ1) is 8.63. The van der Waals surface area contributed by atoms with Crippen molar-refractivity contribution in [2.75, 3.05) is 5.73 Å². The molecule has 0 bridgehead atoms. The molecule has 0 saturated heterocycles. The van der Waals surface area contributed by atoms with Gasteiger partial charge in [-0.05, 0) is 0 Å². The molecule has 0 aliphatic carbocycles. The van der Waals surface area contributed by atoms with Crippen LogP contribution in [0.5, 0.6) is 0 Å². The van der Waals surface area contributed by atoms with E-state index < -0.39 is 4.92 Å². The topological polar surface area (TPSA) is 111 Å². The number of thiazole rings is 1. The Kier molecular flexibility index (Phi) is 1.89. The molecule has 0 spiro atoms. The zero-order valence-corrected chi connectivity index (χ0v) is 7.61. The van der Waals surface area contributed by atoms with E-state index in [0.717, 1.165) is 6.20 Å². The molecule has 0 saturated carbocycles. The highest BCUT2D eigenvalue weighted by Gasteiger charge is 2.19. The Hall–Kier alpha value is -1.96. The molecule has 0 aliphatic rings. The Labute approximate surface area is 81.7 Å². The number of rotatable bonds is 2. The summed E-state index contributed by atoms with van der Waals surface area (Å²) in [6, 6.07) is 0. The zero-order chi connectivity index (χ0) is 10.1. The highest BCUT2D eigenvalue weighted by atomic mass is 32.1. The smallest absolute Gasteiger partial charge is 0.316 e. The van der Waals surface area contributed by atoms with Crippen molar-refractivity contribution in [3.8, 4) is 11.4 Å². The second-order valence-electron chi connectivity index (χ2n) is 2.46. The molecule has 0 aromatic carbocycles. The maximum Gasteiger partial charge on any atom is 0.316 e. The van der Waals surface area contributed by atoms with Crippen LogP contribution < -0.4 is 5.73 Å². The quantitative estimate of drug-likeness (QED) is 0.569. The number of nitrogens with zero attached hydrogens (tertiary/aromatic N) is 3. The fraction of sp³-hybridized carbons (Fsp3) is 0. The molecular formula is C6H5N5O2S. The first-order chi connectivity index (χ1) is 6.68. The summed E-state index contributed by atoms with van der Waals surface area (Å²) >= 11 is 1.22. The maximum atomic E-state index is 10.6. The van der Waals surface area contributed by atoms with Gasteiger partial charge < -0.3 is 5.73 Å². The third kappa shape index (κ3) is 1.31. The van der Waals surface area contributed by atoms with Gasteiger partial charge in [0.1, 0.15) is 11.9 Å². The van der Waals surface area contributed by atoms with Crippen LogP contribution in [0.3, 0.4) is 0 Å². The van der Waals surface area contributed by atoms with Crippen LogP contribution in [-0.2, 0) is 0 Å². The van der Waals surface area contributed by atoms with Crippen LogP contribution in [0.25, 0.3) is 11.4 Å². The van der Waals surface area contributed by atoms with Crippen LogP contribution in [0.2, 0.25) is 0 Å². The number of nitro groups is 1. The van der Waals surface area contributed by atoms with E-state index in [1.165, 1.54) is 11.3 Å². The fourth-order valence-electron chi connectivity index (χ4n) is 1.01. The van der Waals surface area contributed by atoms with Crippen LogP contribution in [-0.4, -0.2) is 20.1 Å². The number of hydrogen-bond acceptors (Lipinski definition) is 6. The van der Waals surface area contributed by atoms with Crippen molar-refractivity contribution in [3.63, 3.8) is 0 Å². The van der Waals surface area contributed by atoms with Gasteiger partial charge in [-0.3, -0.25) is 15.2 Å². The van der Waals surface area contributed by atoms with Gasteiger partial charge in [-0.2, -0.15) is 5.10 Å². The molecular weight excluding hydrogens is 206 g/mol. The van der Waals surface area contributed by atoms with Crippen LogP contribution in [0.4, 0.5) is 10.8 Å². The lowest BCUT2D eigenvalue weighted by Crippen LogP contribution is -1.90. The van der Waals surface area contributed by atoms with E-state index in [4.69, 9.17) is 5.73 Å². The van der Waals surface area contributed by atoms with Crippen LogP contribution in [0.1, 0.15) is 0 Å². The number of nitrogens with one attached hydrogen (secondary N) is 1. The van der Waals surface area contributed by atoms with Crippen molar-refractivity contribution in [1.82, 2.24) is 15.2 Å². The Morgan fingerprint density at radius 1 is 1.64 bits per heavy atom. The lowest BCUT2D eigenvalue weighted by atomic mass is 10.3. The monoisotopic (exact) mass is 211 g/mol. The van der Waals surface area contributed by atoms with Crippen LogP contribution >= 0.6 is 11.3 Å². The average Bonchev–Trinajstić information content (AvgIpc) is 2.70. The third-order valence-electron chi connectivity index (χ3n) is 1.59. The Morgan fingerprint density at radius 2 is 2.43 bits per heavy atom. The summed E-state index contributed by atoms with van der Waals surface area (Å²) in [5, 5.41) is 18.7. The van der Waals surface area contributed by atoms with E-state index in [1.807, 2.05) is 0 Å². The van der Waals surface area contributed by atoms with Crippen LogP contribution in [0.15, 0.2) is 11.6 Å². The second kappa shape index (κ2) is 3.07. The number of aromatic nitrogens is 3. The predicted octanol–water partition coefficient (Wildman–Crippen LogP) is 1.02. The molecule has 0 unspecified atom stereocenters. The summed E-state index contributed by atoms with van der Waals surface area (Å²) in [5.74, 6) is 0. The summed E-state index contributed by atoms with van der Waals surface area (Å²) in [6.07, 6.45) is 1.14. The summed E-state index contributed by atoms with van der Waals surface area (Å²) < 4.78 is 0. The molecule has 0 atom stereocenters. The first-order valence-corrected chi connectivity index (χ1v) is 4.45. The van der Waals surface area contributed by atoms with Crippen molar-refractivity contribution in [1.29, 1.82) is 0 Å². The highest BCUT2D eigenvalue weighted by molar-refractivity contribution is 7.13. The SMILES string of the molecule is Nc1nc(-c2[nH]ncc2[N+](=O)[O-])cs1. The minimum absolute atomic E-state index is 0.102. The molecule has 8 heteroatoms. The largest absolute Gasteiger partial charge is 0.375 e. The Bertz CT molecular complexity index is 476. The second-order valence-corrected chi connectivity index (χ2v) is 3.35. The number of anilines is 1. The Morgan fingerprint density at radius 3 is 3.00 bits per heavy atom. The summed E-state index contributed by atoms with van der Waals surface area (Å²) in [5.41, 5.74) is 6.03. The van der Waals surface area contributed by atoms with Gasteiger partial charge >= 0.3 is 5.69 Å².